The van der Waals surface area contributed by atoms with E-state index >= 15 is 0 Å². The molecule has 0 bridgehead atoms. The zero-order valence-electron chi connectivity index (χ0n) is 19.5. The van der Waals surface area contributed by atoms with E-state index in [-0.39, 0.29) is 0 Å². The number of carboxylic acid groups (broad SMARTS) is 2. The first kappa shape index (κ1) is 26.1. The summed E-state index contributed by atoms with van der Waals surface area (Å²) < 4.78 is 12.0. The Morgan fingerprint density at radius 1 is 1.11 bits per heavy atom. The van der Waals surface area contributed by atoms with Crippen LogP contribution in [0.3, 0.4) is 0 Å². The monoisotopic (exact) mass is 499 g/mol. The van der Waals surface area contributed by atoms with Crippen molar-refractivity contribution >= 4 is 38.6 Å². The molecule has 1 aromatic heterocycles. The van der Waals surface area contributed by atoms with Gasteiger partial charge < -0.3 is 24.6 Å². The van der Waals surface area contributed by atoms with Crippen LogP contribution in [0.15, 0.2) is 60.7 Å². The molecule has 1 saturated heterocycles. The molecule has 10 heteroatoms. The maximum absolute atomic E-state index is 9.55. The highest BCUT2D eigenvalue weighted by atomic mass is 32.1. The molecule has 9 nitrogen and oxygen atoms in total. The highest BCUT2D eigenvalue weighted by Crippen LogP contribution is 2.32. The molecule has 0 aliphatic carbocycles. The second kappa shape index (κ2) is 13.4. The fourth-order valence-corrected chi connectivity index (χ4v) is 4.45. The van der Waals surface area contributed by atoms with E-state index in [9.17, 15) is 9.59 Å². The SMILES string of the molecule is COc1ccc2nc(N(CCN3CCOCC3)Cc3ccccc3)sc2c1.O=C(O)/C=C/C(=O)O. The molecule has 3 aromatic rings. The number of fused-ring (bicyclic) bond motifs is 1. The van der Waals surface area contributed by atoms with E-state index in [0.717, 1.165) is 67.0 Å². The fourth-order valence-electron chi connectivity index (χ4n) is 3.43. The lowest BCUT2D eigenvalue weighted by Gasteiger charge is -2.30. The van der Waals surface area contributed by atoms with Crippen LogP contribution >= 0.6 is 11.3 Å². The summed E-state index contributed by atoms with van der Waals surface area (Å²) in [7, 11) is 1.70. The van der Waals surface area contributed by atoms with Crippen LogP contribution in [0.1, 0.15) is 5.56 Å². The zero-order chi connectivity index (χ0) is 25.0. The Labute approximate surface area is 207 Å². The van der Waals surface area contributed by atoms with Gasteiger partial charge in [0.15, 0.2) is 5.13 Å². The number of hydrogen-bond acceptors (Lipinski definition) is 8. The Bertz CT molecular complexity index is 1110. The van der Waals surface area contributed by atoms with Crippen molar-refractivity contribution < 1.29 is 29.3 Å². The normalized spacial score (nSPS) is 13.9. The number of aliphatic carboxylic acids is 2. The molecule has 2 heterocycles. The Hall–Kier alpha value is -3.47. The van der Waals surface area contributed by atoms with Gasteiger partial charge in [0.25, 0.3) is 0 Å². The molecule has 0 unspecified atom stereocenters. The first-order valence-electron chi connectivity index (χ1n) is 11.1. The van der Waals surface area contributed by atoms with Crippen molar-refractivity contribution in [1.82, 2.24) is 9.88 Å². The van der Waals surface area contributed by atoms with Crippen molar-refractivity contribution in [1.29, 1.82) is 0 Å². The topological polar surface area (TPSA) is 112 Å². The number of nitrogens with zero attached hydrogens (tertiary/aromatic N) is 3. The molecule has 1 fully saturated rings. The quantitative estimate of drug-likeness (QED) is 0.428. The van der Waals surface area contributed by atoms with Gasteiger partial charge in [-0.2, -0.15) is 0 Å². The number of anilines is 1. The molecular formula is C25H29N3O6S. The first-order valence-corrected chi connectivity index (χ1v) is 11.9. The predicted octanol–water partition coefficient (Wildman–Crippen LogP) is 3.36. The van der Waals surface area contributed by atoms with Gasteiger partial charge in [0.05, 0.1) is 30.5 Å². The number of methoxy groups -OCH3 is 1. The Balaban J connectivity index is 0.000000371. The van der Waals surface area contributed by atoms with Gasteiger partial charge in [-0.1, -0.05) is 41.7 Å². The Morgan fingerprint density at radius 2 is 1.80 bits per heavy atom. The summed E-state index contributed by atoms with van der Waals surface area (Å²) in [6, 6.07) is 16.7. The first-order chi connectivity index (χ1) is 16.9. The third-order valence-electron chi connectivity index (χ3n) is 5.23. The van der Waals surface area contributed by atoms with Gasteiger partial charge in [-0.05, 0) is 23.8 Å². The van der Waals surface area contributed by atoms with Crippen LogP contribution in [0.25, 0.3) is 10.2 Å². The molecule has 35 heavy (non-hydrogen) atoms. The minimum Gasteiger partial charge on any atom is -0.497 e. The number of hydrogen-bond donors (Lipinski definition) is 2. The van der Waals surface area contributed by atoms with E-state index in [2.05, 4.69) is 46.2 Å². The molecule has 0 atom stereocenters. The molecule has 0 amide bonds. The largest absolute Gasteiger partial charge is 0.497 e. The molecule has 0 saturated carbocycles. The average molecular weight is 500 g/mol. The van der Waals surface area contributed by atoms with E-state index in [4.69, 9.17) is 24.7 Å². The lowest BCUT2D eigenvalue weighted by Crippen LogP contribution is -2.41. The Kier molecular flexibility index (Phi) is 10.0. The fraction of sp³-hybridized carbons (Fsp3) is 0.320. The van der Waals surface area contributed by atoms with Crippen LogP contribution in [0.5, 0.6) is 5.75 Å². The molecule has 2 aromatic carbocycles. The van der Waals surface area contributed by atoms with Crippen LogP contribution in [-0.4, -0.2) is 78.5 Å². The molecule has 1 aliphatic heterocycles. The number of benzene rings is 2. The van der Waals surface area contributed by atoms with Crippen molar-refractivity contribution in [3.05, 3.63) is 66.2 Å². The summed E-state index contributed by atoms with van der Waals surface area (Å²) >= 11 is 1.73. The molecular weight excluding hydrogens is 470 g/mol. The Morgan fingerprint density at radius 3 is 2.43 bits per heavy atom. The van der Waals surface area contributed by atoms with Crippen molar-refractivity contribution in [3.8, 4) is 5.75 Å². The minimum absolute atomic E-state index is 0.558. The molecule has 1 aliphatic rings. The summed E-state index contributed by atoms with van der Waals surface area (Å²) in [5.74, 6) is -1.64. The zero-order valence-corrected chi connectivity index (χ0v) is 20.3. The van der Waals surface area contributed by atoms with Gasteiger partial charge in [-0.15, -0.1) is 0 Å². The van der Waals surface area contributed by atoms with E-state index in [1.54, 1.807) is 18.4 Å². The number of carboxylic acids is 2. The smallest absolute Gasteiger partial charge is 0.328 e. The second-order valence-corrected chi connectivity index (χ2v) is 8.71. The van der Waals surface area contributed by atoms with E-state index in [0.29, 0.717) is 12.2 Å². The summed E-state index contributed by atoms with van der Waals surface area (Å²) in [6.45, 7) is 6.52. The standard InChI is InChI=1S/C21H25N3O2S.C4H4O4/c1-25-18-7-8-19-20(15-18)27-21(22-19)24(16-17-5-3-2-4-6-17)10-9-23-11-13-26-14-12-23;5-3(6)1-2-4(7)8/h2-8,15H,9-14,16H2,1H3;1-2H,(H,5,6)(H,7,8)/b;2-1+. The lowest BCUT2D eigenvalue weighted by molar-refractivity contribution is -0.134. The van der Waals surface area contributed by atoms with Crippen LogP contribution in [0.2, 0.25) is 0 Å². The number of morpholine rings is 1. The maximum Gasteiger partial charge on any atom is 0.328 e. The van der Waals surface area contributed by atoms with Crippen LogP contribution in [-0.2, 0) is 20.9 Å². The molecule has 186 valence electrons. The van der Waals surface area contributed by atoms with Crippen LogP contribution in [0.4, 0.5) is 5.13 Å². The van der Waals surface area contributed by atoms with Gasteiger partial charge in [-0.25, -0.2) is 14.6 Å². The summed E-state index contributed by atoms with van der Waals surface area (Å²) in [5.41, 5.74) is 2.33. The highest BCUT2D eigenvalue weighted by Gasteiger charge is 2.16. The highest BCUT2D eigenvalue weighted by molar-refractivity contribution is 7.22. The summed E-state index contributed by atoms with van der Waals surface area (Å²) in [6.07, 6.45) is 1.12. The summed E-state index contributed by atoms with van der Waals surface area (Å²) in [5, 5.41) is 16.7. The lowest BCUT2D eigenvalue weighted by atomic mass is 10.2. The number of aromatic nitrogens is 1. The number of thiazole rings is 1. The van der Waals surface area contributed by atoms with Crippen molar-refractivity contribution in [2.24, 2.45) is 0 Å². The van der Waals surface area contributed by atoms with Crippen LogP contribution in [0, 0.1) is 0 Å². The summed E-state index contributed by atoms with van der Waals surface area (Å²) in [4.78, 5) is 28.9. The number of carbonyl (C=O) groups is 2. The van der Waals surface area contributed by atoms with Gasteiger partial charge >= 0.3 is 11.9 Å². The van der Waals surface area contributed by atoms with Gasteiger partial charge in [-0.3, -0.25) is 4.90 Å². The van der Waals surface area contributed by atoms with E-state index in [1.807, 2.05) is 12.1 Å². The van der Waals surface area contributed by atoms with Crippen molar-refractivity contribution in [2.75, 3.05) is 51.4 Å². The molecule has 0 spiro atoms. The average Bonchev–Trinajstić information content (AvgIpc) is 3.30. The molecule has 0 radical (unpaired) electrons. The number of rotatable bonds is 9. The number of ether oxygens (including phenoxy) is 2. The van der Waals surface area contributed by atoms with Crippen molar-refractivity contribution in [2.45, 2.75) is 6.54 Å². The molecule has 4 rings (SSSR count). The van der Waals surface area contributed by atoms with Gasteiger partial charge in [0, 0.05) is 44.9 Å². The van der Waals surface area contributed by atoms with Crippen molar-refractivity contribution in [3.63, 3.8) is 0 Å². The van der Waals surface area contributed by atoms with Gasteiger partial charge in [0.1, 0.15) is 5.75 Å². The maximum atomic E-state index is 9.55. The van der Waals surface area contributed by atoms with E-state index < -0.39 is 11.9 Å². The minimum atomic E-state index is -1.26. The van der Waals surface area contributed by atoms with Gasteiger partial charge in [0.2, 0.25) is 0 Å². The second-order valence-electron chi connectivity index (χ2n) is 7.70. The van der Waals surface area contributed by atoms with E-state index in [1.165, 1.54) is 5.56 Å². The van der Waals surface area contributed by atoms with Crippen LogP contribution < -0.4 is 9.64 Å². The predicted molar refractivity (Wildman–Crippen MR) is 135 cm³/mol. The third kappa shape index (κ3) is 8.67. The third-order valence-corrected chi connectivity index (χ3v) is 6.31. The molecule has 2 N–H and O–H groups in total.